The zero-order valence-electron chi connectivity index (χ0n) is 6.87. The van der Waals surface area contributed by atoms with Crippen LogP contribution in [0.2, 0.25) is 5.02 Å². The lowest BCUT2D eigenvalue weighted by molar-refractivity contribution is 0.433. The molecule has 0 unspecified atom stereocenters. The highest BCUT2D eigenvalue weighted by molar-refractivity contribution is 9.10. The summed E-state index contributed by atoms with van der Waals surface area (Å²) >= 11 is 9.32. The molecular formula is C8H5BrClN3O. The smallest absolute Gasteiger partial charge is 0.261 e. The molecule has 14 heavy (non-hydrogen) atoms. The van der Waals surface area contributed by atoms with Crippen molar-refractivity contribution in [3.05, 3.63) is 27.7 Å². The maximum Gasteiger partial charge on any atom is 0.261 e. The Hall–Kier alpha value is -1.07. The first kappa shape index (κ1) is 9.48. The van der Waals surface area contributed by atoms with Gasteiger partial charge in [-0.2, -0.15) is 4.98 Å². The average Bonchev–Trinajstić information content (AvgIpc) is 2.57. The number of anilines is 1. The molecule has 72 valence electrons. The van der Waals surface area contributed by atoms with Crippen LogP contribution in [0, 0.1) is 0 Å². The van der Waals surface area contributed by atoms with Gasteiger partial charge in [0.1, 0.15) is 0 Å². The van der Waals surface area contributed by atoms with Crippen molar-refractivity contribution in [2.75, 3.05) is 5.73 Å². The van der Waals surface area contributed by atoms with Crippen molar-refractivity contribution >= 4 is 33.5 Å². The number of nitrogens with two attached hydrogens (primary N) is 1. The summed E-state index contributed by atoms with van der Waals surface area (Å²) in [7, 11) is 0. The Labute approximate surface area is 93.2 Å². The fourth-order valence-corrected chi connectivity index (χ4v) is 1.59. The van der Waals surface area contributed by atoms with Gasteiger partial charge in [-0.15, -0.1) is 0 Å². The standard InChI is InChI=1S/C8H5BrClN3O/c9-5-3-1-2-4(6(5)10)7-12-8(11)13-14-7/h1-3H,(H2,11,13). The highest BCUT2D eigenvalue weighted by Gasteiger charge is 2.12. The van der Waals surface area contributed by atoms with Crippen LogP contribution in [0.1, 0.15) is 0 Å². The molecule has 6 heteroatoms. The van der Waals surface area contributed by atoms with Gasteiger partial charge in [0.2, 0.25) is 0 Å². The summed E-state index contributed by atoms with van der Waals surface area (Å²) in [4.78, 5) is 3.88. The van der Waals surface area contributed by atoms with Gasteiger partial charge in [-0.05, 0) is 33.2 Å². The van der Waals surface area contributed by atoms with Gasteiger partial charge in [0.25, 0.3) is 11.8 Å². The van der Waals surface area contributed by atoms with E-state index in [9.17, 15) is 0 Å². The third-order valence-corrected chi connectivity index (χ3v) is 2.92. The third-order valence-electron chi connectivity index (χ3n) is 1.62. The van der Waals surface area contributed by atoms with Crippen molar-refractivity contribution in [1.82, 2.24) is 10.1 Å². The van der Waals surface area contributed by atoms with E-state index in [1.54, 1.807) is 6.07 Å². The Morgan fingerprint density at radius 1 is 1.43 bits per heavy atom. The van der Waals surface area contributed by atoms with E-state index in [4.69, 9.17) is 21.9 Å². The molecule has 0 saturated heterocycles. The van der Waals surface area contributed by atoms with Crippen molar-refractivity contribution in [1.29, 1.82) is 0 Å². The number of hydrogen-bond acceptors (Lipinski definition) is 4. The lowest BCUT2D eigenvalue weighted by atomic mass is 10.2. The fourth-order valence-electron chi connectivity index (χ4n) is 1.01. The third kappa shape index (κ3) is 1.60. The first-order chi connectivity index (χ1) is 6.68. The van der Waals surface area contributed by atoms with E-state index in [0.717, 1.165) is 4.47 Å². The average molecular weight is 275 g/mol. The zero-order chi connectivity index (χ0) is 10.1. The molecule has 0 amide bonds. The summed E-state index contributed by atoms with van der Waals surface area (Å²) in [6.45, 7) is 0. The number of nitrogen functional groups attached to an aromatic ring is 1. The SMILES string of the molecule is Nc1noc(-c2cccc(Br)c2Cl)n1. The summed E-state index contributed by atoms with van der Waals surface area (Å²) in [5.74, 6) is 0.407. The lowest BCUT2D eigenvalue weighted by Gasteiger charge is -1.99. The van der Waals surface area contributed by atoms with Crippen LogP contribution in [-0.4, -0.2) is 10.1 Å². The van der Waals surface area contributed by atoms with E-state index < -0.39 is 0 Å². The molecule has 0 aliphatic carbocycles. The lowest BCUT2D eigenvalue weighted by Crippen LogP contribution is -1.86. The molecular weight excluding hydrogens is 269 g/mol. The van der Waals surface area contributed by atoms with Crippen LogP contribution in [0.4, 0.5) is 5.95 Å². The normalized spacial score (nSPS) is 10.4. The molecule has 1 aromatic carbocycles. The van der Waals surface area contributed by atoms with Crippen molar-refractivity contribution in [2.24, 2.45) is 0 Å². The van der Waals surface area contributed by atoms with Crippen LogP contribution in [0.5, 0.6) is 0 Å². The molecule has 1 heterocycles. The molecule has 0 aliphatic rings. The van der Waals surface area contributed by atoms with Crippen LogP contribution in [-0.2, 0) is 0 Å². The second kappa shape index (κ2) is 3.59. The van der Waals surface area contributed by atoms with Gasteiger partial charge in [-0.25, -0.2) is 0 Å². The Kier molecular flexibility index (Phi) is 2.43. The summed E-state index contributed by atoms with van der Waals surface area (Å²) in [5, 5.41) is 4.01. The number of nitrogens with zero attached hydrogens (tertiary/aromatic N) is 2. The zero-order valence-corrected chi connectivity index (χ0v) is 9.21. The van der Waals surface area contributed by atoms with E-state index in [0.29, 0.717) is 16.5 Å². The van der Waals surface area contributed by atoms with E-state index in [-0.39, 0.29) is 5.95 Å². The van der Waals surface area contributed by atoms with Crippen molar-refractivity contribution < 1.29 is 4.52 Å². The van der Waals surface area contributed by atoms with E-state index in [1.807, 2.05) is 12.1 Å². The minimum Gasteiger partial charge on any atom is -0.365 e. The highest BCUT2D eigenvalue weighted by atomic mass is 79.9. The Bertz CT molecular complexity index is 471. The number of benzene rings is 1. The summed E-state index contributed by atoms with van der Waals surface area (Å²) in [6, 6.07) is 5.43. The van der Waals surface area contributed by atoms with Gasteiger partial charge in [-0.3, -0.25) is 0 Å². The maximum absolute atomic E-state index is 6.02. The molecule has 0 bridgehead atoms. The Morgan fingerprint density at radius 3 is 2.86 bits per heavy atom. The molecule has 2 rings (SSSR count). The van der Waals surface area contributed by atoms with Crippen LogP contribution >= 0.6 is 27.5 Å². The van der Waals surface area contributed by atoms with Gasteiger partial charge in [-0.1, -0.05) is 17.7 Å². The van der Waals surface area contributed by atoms with Crippen LogP contribution < -0.4 is 5.73 Å². The second-order valence-corrected chi connectivity index (χ2v) is 3.79. The molecule has 0 atom stereocenters. The van der Waals surface area contributed by atoms with Crippen molar-refractivity contribution in [2.45, 2.75) is 0 Å². The number of aromatic nitrogens is 2. The quantitative estimate of drug-likeness (QED) is 0.868. The number of hydrogen-bond donors (Lipinski definition) is 1. The van der Waals surface area contributed by atoms with E-state index in [2.05, 4.69) is 26.1 Å². The predicted octanol–water partition coefficient (Wildman–Crippen LogP) is 2.73. The molecule has 2 aromatic rings. The monoisotopic (exact) mass is 273 g/mol. The van der Waals surface area contributed by atoms with Crippen LogP contribution in [0.3, 0.4) is 0 Å². The van der Waals surface area contributed by atoms with Gasteiger partial charge in [0.15, 0.2) is 0 Å². The van der Waals surface area contributed by atoms with Crippen molar-refractivity contribution in [3.63, 3.8) is 0 Å². The highest BCUT2D eigenvalue weighted by Crippen LogP contribution is 2.32. The first-order valence-corrected chi connectivity index (χ1v) is 4.89. The second-order valence-electron chi connectivity index (χ2n) is 2.56. The molecule has 4 nitrogen and oxygen atoms in total. The van der Waals surface area contributed by atoms with E-state index >= 15 is 0 Å². The Balaban J connectivity index is 2.57. The summed E-state index contributed by atoms with van der Waals surface area (Å²) in [5.41, 5.74) is 5.99. The molecule has 0 saturated carbocycles. The van der Waals surface area contributed by atoms with Crippen LogP contribution in [0.15, 0.2) is 27.2 Å². The molecule has 1 aromatic heterocycles. The van der Waals surface area contributed by atoms with E-state index in [1.165, 1.54) is 0 Å². The van der Waals surface area contributed by atoms with Gasteiger partial charge < -0.3 is 10.3 Å². The predicted molar refractivity (Wildman–Crippen MR) is 56.9 cm³/mol. The Morgan fingerprint density at radius 2 is 2.21 bits per heavy atom. The maximum atomic E-state index is 6.02. The largest absolute Gasteiger partial charge is 0.365 e. The summed E-state index contributed by atoms with van der Waals surface area (Å²) < 4.78 is 5.67. The molecule has 0 fully saturated rings. The molecule has 2 N–H and O–H groups in total. The van der Waals surface area contributed by atoms with Gasteiger partial charge >= 0.3 is 0 Å². The topological polar surface area (TPSA) is 64.9 Å². The molecule has 0 radical (unpaired) electrons. The summed E-state index contributed by atoms with van der Waals surface area (Å²) in [6.07, 6.45) is 0. The fraction of sp³-hybridized carbons (Fsp3) is 0. The van der Waals surface area contributed by atoms with Crippen LogP contribution in [0.25, 0.3) is 11.5 Å². The van der Waals surface area contributed by atoms with Gasteiger partial charge in [0.05, 0.1) is 10.6 Å². The molecule has 0 aliphatic heterocycles. The minimum atomic E-state index is 0.0936. The number of rotatable bonds is 1. The minimum absolute atomic E-state index is 0.0936. The number of halogens is 2. The molecule has 0 spiro atoms. The van der Waals surface area contributed by atoms with Gasteiger partial charge in [0, 0.05) is 4.47 Å². The van der Waals surface area contributed by atoms with Crippen molar-refractivity contribution in [3.8, 4) is 11.5 Å². The first-order valence-electron chi connectivity index (χ1n) is 3.72.